The summed E-state index contributed by atoms with van der Waals surface area (Å²) in [5, 5.41) is 13.3. The van der Waals surface area contributed by atoms with Crippen LogP contribution in [-0.2, 0) is 17.9 Å². The quantitative estimate of drug-likeness (QED) is 0.127. The Morgan fingerprint density at radius 2 is 1.72 bits per heavy atom. The lowest BCUT2D eigenvalue weighted by Crippen LogP contribution is -2.27. The molecule has 0 N–H and O–H groups in total. The van der Waals surface area contributed by atoms with E-state index in [1.165, 1.54) is 31.4 Å². The van der Waals surface area contributed by atoms with Gasteiger partial charge in [0, 0.05) is 11.6 Å². The summed E-state index contributed by atoms with van der Waals surface area (Å²) in [4.78, 5) is 37.6. The van der Waals surface area contributed by atoms with Crippen molar-refractivity contribution in [2.45, 2.75) is 13.2 Å². The van der Waals surface area contributed by atoms with Crippen LogP contribution in [0.2, 0.25) is 5.02 Å². The predicted octanol–water partition coefficient (Wildman–Crippen LogP) is 7.23. The topological polar surface area (TPSA) is 99.0 Å². The number of carbonyl (C=O) groups is 2. The molecule has 0 bridgehead atoms. The fourth-order valence-electron chi connectivity index (χ4n) is 4.31. The molecule has 196 valence electrons. The van der Waals surface area contributed by atoms with Gasteiger partial charge in [0.25, 0.3) is 16.8 Å². The first kappa shape index (κ1) is 26.3. The third-order valence-corrected chi connectivity index (χ3v) is 7.38. The fraction of sp³-hybridized carbons (Fsp3) is 0.103. The lowest BCUT2D eigenvalue weighted by molar-refractivity contribution is -0.385. The van der Waals surface area contributed by atoms with Gasteiger partial charge < -0.3 is 9.47 Å². The Labute approximate surface area is 232 Å². The van der Waals surface area contributed by atoms with Crippen LogP contribution >= 0.6 is 23.4 Å². The van der Waals surface area contributed by atoms with E-state index in [9.17, 15) is 19.7 Å². The molecular formula is C29H21ClN2O6S. The number of thioether (sulfide) groups is 1. The van der Waals surface area contributed by atoms with Crippen molar-refractivity contribution >= 4 is 57.0 Å². The molecule has 10 heteroatoms. The summed E-state index contributed by atoms with van der Waals surface area (Å²) < 4.78 is 11.6. The number of rotatable bonds is 8. The lowest BCUT2D eigenvalue weighted by atomic mass is 10.1. The van der Waals surface area contributed by atoms with Gasteiger partial charge in [-0.05, 0) is 51.9 Å². The monoisotopic (exact) mass is 560 g/mol. The SMILES string of the molecule is COc1cc(/C=C2\SC(=O)N(Cc3ccccc3[N+](=O)[O-])C2=O)cc(Cl)c1OCc1cccc2ccccc12. The third-order valence-electron chi connectivity index (χ3n) is 6.19. The molecule has 2 amide bonds. The zero-order chi connectivity index (χ0) is 27.5. The Hall–Kier alpha value is -4.34. The summed E-state index contributed by atoms with van der Waals surface area (Å²) in [5.41, 5.74) is 1.63. The molecule has 5 rings (SSSR count). The maximum atomic E-state index is 13.0. The minimum absolute atomic E-state index is 0.156. The van der Waals surface area contributed by atoms with E-state index < -0.39 is 16.1 Å². The molecule has 0 radical (unpaired) electrons. The number of imide groups is 1. The Bertz CT molecular complexity index is 1650. The molecule has 1 aliphatic heterocycles. The number of nitrogens with zero attached hydrogens (tertiary/aromatic N) is 2. The van der Waals surface area contributed by atoms with E-state index >= 15 is 0 Å². The molecule has 0 spiro atoms. The van der Waals surface area contributed by atoms with E-state index in [4.69, 9.17) is 21.1 Å². The molecule has 0 aliphatic carbocycles. The second-order valence-electron chi connectivity index (χ2n) is 8.61. The van der Waals surface area contributed by atoms with E-state index in [0.717, 1.165) is 33.0 Å². The number of ether oxygens (including phenoxy) is 2. The van der Waals surface area contributed by atoms with Crippen molar-refractivity contribution in [3.8, 4) is 11.5 Å². The Kier molecular flexibility index (Phi) is 7.53. The van der Waals surface area contributed by atoms with Crippen LogP contribution in [0.5, 0.6) is 11.5 Å². The standard InChI is InChI=1S/C29H21ClN2O6S/c1-37-25-14-18(13-23(30)27(25)38-17-21-10-6-9-19-7-2-4-11-22(19)21)15-26-28(33)31(29(34)39-26)16-20-8-3-5-12-24(20)32(35)36/h2-15H,16-17H2,1H3/b26-15-. The van der Waals surface area contributed by atoms with Gasteiger partial charge in [-0.1, -0.05) is 72.3 Å². The molecule has 0 aromatic heterocycles. The number of carbonyl (C=O) groups excluding carboxylic acids is 2. The first-order chi connectivity index (χ1) is 18.9. The Balaban J connectivity index is 1.37. The summed E-state index contributed by atoms with van der Waals surface area (Å²) in [7, 11) is 1.49. The molecule has 0 saturated carbocycles. The van der Waals surface area contributed by atoms with Crippen LogP contribution in [-0.4, -0.2) is 28.1 Å². The van der Waals surface area contributed by atoms with Gasteiger partial charge in [-0.25, -0.2) is 0 Å². The van der Waals surface area contributed by atoms with Crippen molar-refractivity contribution in [1.82, 2.24) is 4.90 Å². The number of methoxy groups -OCH3 is 1. The number of hydrogen-bond donors (Lipinski definition) is 0. The first-order valence-corrected chi connectivity index (χ1v) is 13.0. The second kappa shape index (κ2) is 11.2. The average Bonchev–Trinajstić information content (AvgIpc) is 3.19. The van der Waals surface area contributed by atoms with Crippen LogP contribution in [0.4, 0.5) is 10.5 Å². The number of para-hydroxylation sites is 1. The number of benzene rings is 4. The van der Waals surface area contributed by atoms with Crippen molar-refractivity contribution in [1.29, 1.82) is 0 Å². The van der Waals surface area contributed by atoms with Crippen LogP contribution in [0.1, 0.15) is 16.7 Å². The second-order valence-corrected chi connectivity index (χ2v) is 10.0. The lowest BCUT2D eigenvalue weighted by Gasteiger charge is -2.15. The fourth-order valence-corrected chi connectivity index (χ4v) is 5.42. The molecule has 1 fully saturated rings. The summed E-state index contributed by atoms with van der Waals surface area (Å²) in [6.07, 6.45) is 1.53. The Morgan fingerprint density at radius 1 is 1.00 bits per heavy atom. The van der Waals surface area contributed by atoms with Gasteiger partial charge in [-0.15, -0.1) is 0 Å². The number of nitro benzene ring substituents is 1. The highest BCUT2D eigenvalue weighted by Gasteiger charge is 2.36. The molecule has 8 nitrogen and oxygen atoms in total. The maximum Gasteiger partial charge on any atom is 0.293 e. The summed E-state index contributed by atoms with van der Waals surface area (Å²) >= 11 is 7.32. The number of fused-ring (bicyclic) bond motifs is 1. The minimum Gasteiger partial charge on any atom is -0.493 e. The van der Waals surface area contributed by atoms with Crippen molar-refractivity contribution in [3.05, 3.63) is 116 Å². The van der Waals surface area contributed by atoms with Crippen LogP contribution in [0, 0.1) is 10.1 Å². The predicted molar refractivity (Wildman–Crippen MR) is 151 cm³/mol. The highest BCUT2D eigenvalue weighted by Crippen LogP contribution is 2.40. The van der Waals surface area contributed by atoms with Gasteiger partial charge in [0.15, 0.2) is 11.5 Å². The molecule has 0 unspecified atom stereocenters. The van der Waals surface area contributed by atoms with E-state index in [1.807, 2.05) is 42.5 Å². The van der Waals surface area contributed by atoms with Crippen LogP contribution in [0.3, 0.4) is 0 Å². The Morgan fingerprint density at radius 3 is 2.51 bits per heavy atom. The van der Waals surface area contributed by atoms with Gasteiger partial charge >= 0.3 is 0 Å². The van der Waals surface area contributed by atoms with E-state index in [0.29, 0.717) is 17.1 Å². The number of amides is 2. The number of hydrogen-bond acceptors (Lipinski definition) is 7. The van der Waals surface area contributed by atoms with Crippen LogP contribution in [0.15, 0.2) is 83.8 Å². The largest absolute Gasteiger partial charge is 0.493 e. The molecule has 0 atom stereocenters. The summed E-state index contributed by atoms with van der Waals surface area (Å²) in [6, 6.07) is 23.3. The van der Waals surface area contributed by atoms with Crippen LogP contribution in [0.25, 0.3) is 16.8 Å². The van der Waals surface area contributed by atoms with E-state index in [-0.39, 0.29) is 34.3 Å². The average molecular weight is 561 g/mol. The van der Waals surface area contributed by atoms with E-state index in [2.05, 4.69) is 0 Å². The van der Waals surface area contributed by atoms with Gasteiger partial charge in [-0.3, -0.25) is 24.6 Å². The normalized spacial score (nSPS) is 14.3. The van der Waals surface area contributed by atoms with Gasteiger partial charge in [0.2, 0.25) is 0 Å². The van der Waals surface area contributed by atoms with Gasteiger partial charge in [-0.2, -0.15) is 0 Å². The smallest absolute Gasteiger partial charge is 0.293 e. The highest BCUT2D eigenvalue weighted by molar-refractivity contribution is 8.18. The number of halogens is 1. The zero-order valence-corrected chi connectivity index (χ0v) is 22.2. The molecular weight excluding hydrogens is 540 g/mol. The molecule has 1 heterocycles. The molecule has 1 aliphatic rings. The van der Waals surface area contributed by atoms with E-state index in [1.54, 1.807) is 18.2 Å². The third kappa shape index (κ3) is 5.45. The molecule has 4 aromatic rings. The molecule has 4 aromatic carbocycles. The van der Waals surface area contributed by atoms with Gasteiger partial charge in [0.05, 0.1) is 28.5 Å². The molecule has 1 saturated heterocycles. The van der Waals surface area contributed by atoms with Gasteiger partial charge in [0.1, 0.15) is 6.61 Å². The maximum absolute atomic E-state index is 13.0. The zero-order valence-electron chi connectivity index (χ0n) is 20.6. The number of nitro groups is 1. The van der Waals surface area contributed by atoms with Crippen molar-refractivity contribution in [3.63, 3.8) is 0 Å². The van der Waals surface area contributed by atoms with Crippen molar-refractivity contribution in [2.24, 2.45) is 0 Å². The summed E-state index contributed by atoms with van der Waals surface area (Å²) in [6.45, 7) is 0.0610. The van der Waals surface area contributed by atoms with Crippen molar-refractivity contribution in [2.75, 3.05) is 7.11 Å². The van der Waals surface area contributed by atoms with Crippen molar-refractivity contribution < 1.29 is 24.0 Å². The van der Waals surface area contributed by atoms with Crippen LogP contribution < -0.4 is 9.47 Å². The first-order valence-electron chi connectivity index (χ1n) is 11.8. The summed E-state index contributed by atoms with van der Waals surface area (Å²) in [5.74, 6) is 0.177. The molecule has 39 heavy (non-hydrogen) atoms. The minimum atomic E-state index is -0.547. The highest BCUT2D eigenvalue weighted by atomic mass is 35.5.